The molecule has 0 aliphatic heterocycles. The van der Waals surface area contributed by atoms with Crippen LogP contribution >= 0.6 is 34.4 Å². The summed E-state index contributed by atoms with van der Waals surface area (Å²) in [6.07, 6.45) is 1.72. The van der Waals surface area contributed by atoms with Crippen molar-refractivity contribution in [1.29, 1.82) is 0 Å². The van der Waals surface area contributed by atoms with E-state index in [9.17, 15) is 0 Å². The van der Waals surface area contributed by atoms with Gasteiger partial charge in [0, 0.05) is 35.5 Å². The fourth-order valence-electron chi connectivity index (χ4n) is 4.18. The first-order valence-corrected chi connectivity index (χ1v) is 12.8. The standard InChI is InChI=1S/C26H24N2S3/c1-7-29-18-9-8-16(12-17(18)26(4,5)6)23-25-24(28-13-27-23)22-20(31-25)11-10-19-21(22)14(2)15(3)30-19/h7-13H,1H2,2-6H3. The van der Waals surface area contributed by atoms with E-state index in [1.165, 1.54) is 41.1 Å². The average molecular weight is 461 g/mol. The van der Waals surface area contributed by atoms with Crippen molar-refractivity contribution < 1.29 is 0 Å². The summed E-state index contributed by atoms with van der Waals surface area (Å²) in [6.45, 7) is 15.1. The number of nitrogens with zero attached hydrogens (tertiary/aromatic N) is 2. The van der Waals surface area contributed by atoms with Crippen LogP contribution in [-0.4, -0.2) is 9.97 Å². The topological polar surface area (TPSA) is 25.8 Å². The van der Waals surface area contributed by atoms with Gasteiger partial charge < -0.3 is 0 Å². The number of rotatable bonds is 3. The van der Waals surface area contributed by atoms with E-state index >= 15 is 0 Å². The minimum Gasteiger partial charge on any atom is -0.235 e. The summed E-state index contributed by atoms with van der Waals surface area (Å²) < 4.78 is 3.78. The second-order valence-corrected chi connectivity index (χ2v) is 12.2. The van der Waals surface area contributed by atoms with Crippen molar-refractivity contribution in [2.75, 3.05) is 0 Å². The average Bonchev–Trinajstić information content (AvgIpc) is 3.24. The molecule has 31 heavy (non-hydrogen) atoms. The lowest BCUT2D eigenvalue weighted by atomic mass is 9.85. The molecule has 2 nitrogen and oxygen atoms in total. The van der Waals surface area contributed by atoms with Gasteiger partial charge in [-0.25, -0.2) is 9.97 Å². The minimum absolute atomic E-state index is 0.0329. The van der Waals surface area contributed by atoms with Crippen LogP contribution in [0.15, 0.2) is 53.5 Å². The third-order valence-electron chi connectivity index (χ3n) is 5.82. The van der Waals surface area contributed by atoms with Crippen molar-refractivity contribution in [2.24, 2.45) is 0 Å². The zero-order valence-corrected chi connectivity index (χ0v) is 20.8. The molecular weight excluding hydrogens is 437 g/mol. The normalized spacial score (nSPS) is 12.3. The molecule has 0 N–H and O–H groups in total. The highest BCUT2D eigenvalue weighted by molar-refractivity contribution is 8.02. The smallest absolute Gasteiger partial charge is 0.116 e. The Bertz CT molecular complexity index is 1480. The molecule has 3 heterocycles. The maximum atomic E-state index is 4.76. The number of hydrogen-bond acceptors (Lipinski definition) is 5. The van der Waals surface area contributed by atoms with Crippen LogP contribution in [0.3, 0.4) is 0 Å². The van der Waals surface area contributed by atoms with Crippen LogP contribution in [0.25, 0.3) is 41.6 Å². The molecule has 0 saturated heterocycles. The second-order valence-electron chi connectivity index (χ2n) is 8.84. The Hall–Kier alpha value is -2.21. The van der Waals surface area contributed by atoms with Gasteiger partial charge >= 0.3 is 0 Å². The maximum absolute atomic E-state index is 4.76. The van der Waals surface area contributed by atoms with E-state index in [4.69, 9.17) is 9.97 Å². The molecule has 0 atom stereocenters. The van der Waals surface area contributed by atoms with Crippen LogP contribution < -0.4 is 0 Å². The Morgan fingerprint density at radius 1 is 0.968 bits per heavy atom. The summed E-state index contributed by atoms with van der Waals surface area (Å²) >= 11 is 5.35. The van der Waals surface area contributed by atoms with Crippen molar-refractivity contribution in [2.45, 2.75) is 44.9 Å². The van der Waals surface area contributed by atoms with E-state index in [0.717, 1.165) is 21.5 Å². The molecule has 5 aromatic rings. The Morgan fingerprint density at radius 2 is 1.71 bits per heavy atom. The molecule has 0 saturated carbocycles. The molecule has 5 heteroatoms. The zero-order valence-electron chi connectivity index (χ0n) is 18.4. The van der Waals surface area contributed by atoms with Gasteiger partial charge in [0.2, 0.25) is 0 Å². The van der Waals surface area contributed by atoms with E-state index in [-0.39, 0.29) is 5.41 Å². The summed E-state index contributed by atoms with van der Waals surface area (Å²) in [5, 5.41) is 4.53. The Kier molecular flexibility index (Phi) is 4.96. The summed E-state index contributed by atoms with van der Waals surface area (Å²) in [4.78, 5) is 12.1. The fourth-order valence-corrected chi connectivity index (χ4v) is 7.25. The molecule has 0 unspecified atom stereocenters. The molecule has 2 aromatic carbocycles. The van der Waals surface area contributed by atoms with Crippen LogP contribution in [0.1, 0.15) is 36.8 Å². The number of thioether (sulfide) groups is 1. The van der Waals surface area contributed by atoms with Gasteiger partial charge in [0.1, 0.15) is 6.33 Å². The summed E-state index contributed by atoms with van der Waals surface area (Å²) in [5.74, 6) is 0. The van der Waals surface area contributed by atoms with Crippen LogP contribution in [-0.2, 0) is 5.41 Å². The van der Waals surface area contributed by atoms with Gasteiger partial charge in [0.25, 0.3) is 0 Å². The van der Waals surface area contributed by atoms with Crippen LogP contribution in [0.4, 0.5) is 0 Å². The lowest BCUT2D eigenvalue weighted by Crippen LogP contribution is -2.12. The molecule has 0 spiro atoms. The van der Waals surface area contributed by atoms with Crippen LogP contribution in [0, 0.1) is 13.8 Å². The highest BCUT2D eigenvalue weighted by atomic mass is 32.2. The van der Waals surface area contributed by atoms with Crippen molar-refractivity contribution >= 4 is 64.8 Å². The molecule has 156 valence electrons. The number of aryl methyl sites for hydroxylation is 2. The monoisotopic (exact) mass is 460 g/mol. The van der Waals surface area contributed by atoms with Gasteiger partial charge in [0.15, 0.2) is 0 Å². The van der Waals surface area contributed by atoms with E-state index in [1.807, 2.05) is 16.7 Å². The largest absolute Gasteiger partial charge is 0.235 e. The summed E-state index contributed by atoms with van der Waals surface area (Å²) in [7, 11) is 0. The highest BCUT2D eigenvalue weighted by Crippen LogP contribution is 2.45. The van der Waals surface area contributed by atoms with E-state index < -0.39 is 0 Å². The molecule has 0 aliphatic rings. The molecule has 0 aliphatic carbocycles. The second kappa shape index (κ2) is 7.44. The van der Waals surface area contributed by atoms with Gasteiger partial charge in [-0.15, -0.1) is 22.7 Å². The predicted octanol–water partition coefficient (Wildman–Crippen LogP) is 8.88. The maximum Gasteiger partial charge on any atom is 0.116 e. The van der Waals surface area contributed by atoms with E-state index in [0.29, 0.717) is 0 Å². The van der Waals surface area contributed by atoms with Crippen molar-refractivity contribution in [3.8, 4) is 11.3 Å². The van der Waals surface area contributed by atoms with Gasteiger partial charge in [-0.3, -0.25) is 0 Å². The Labute approximate surface area is 195 Å². The predicted molar refractivity (Wildman–Crippen MR) is 140 cm³/mol. The first-order valence-electron chi connectivity index (χ1n) is 10.3. The Balaban J connectivity index is 1.81. The third-order valence-corrected chi connectivity index (χ3v) is 8.92. The molecule has 0 amide bonds. The molecular formula is C26H24N2S3. The number of hydrogen-bond donors (Lipinski definition) is 0. The van der Waals surface area contributed by atoms with Gasteiger partial charge in [0.05, 0.1) is 15.9 Å². The minimum atomic E-state index is 0.0329. The molecule has 0 fully saturated rings. The molecule has 3 aromatic heterocycles. The SMILES string of the molecule is C=CSc1ccc(-c2ncnc3c2sc2ccc4sc(C)c(C)c4c23)cc1C(C)(C)C. The molecule has 0 bridgehead atoms. The van der Waals surface area contributed by atoms with E-state index in [2.05, 4.69) is 71.5 Å². The lowest BCUT2D eigenvalue weighted by Gasteiger charge is -2.23. The van der Waals surface area contributed by atoms with Crippen molar-refractivity contribution in [3.05, 3.63) is 64.7 Å². The molecule has 0 radical (unpaired) electrons. The Morgan fingerprint density at radius 3 is 2.42 bits per heavy atom. The third kappa shape index (κ3) is 3.30. The molecule has 5 rings (SSSR count). The number of benzene rings is 2. The van der Waals surface area contributed by atoms with Gasteiger partial charge in [-0.2, -0.15) is 0 Å². The van der Waals surface area contributed by atoms with Crippen LogP contribution in [0.5, 0.6) is 0 Å². The van der Waals surface area contributed by atoms with Crippen molar-refractivity contribution in [1.82, 2.24) is 9.97 Å². The zero-order chi connectivity index (χ0) is 21.9. The van der Waals surface area contributed by atoms with Crippen LogP contribution in [0.2, 0.25) is 0 Å². The van der Waals surface area contributed by atoms with E-state index in [1.54, 1.807) is 29.4 Å². The summed E-state index contributed by atoms with van der Waals surface area (Å²) in [6, 6.07) is 11.2. The highest BCUT2D eigenvalue weighted by Gasteiger charge is 2.21. The lowest BCUT2D eigenvalue weighted by molar-refractivity contribution is 0.578. The first kappa shape index (κ1) is 20.7. The summed E-state index contributed by atoms with van der Waals surface area (Å²) in [5.41, 5.74) is 5.95. The first-order chi connectivity index (χ1) is 14.8. The van der Waals surface area contributed by atoms with Gasteiger partial charge in [-0.05, 0) is 60.1 Å². The number of fused-ring (bicyclic) bond motifs is 5. The number of aromatic nitrogens is 2. The quantitative estimate of drug-likeness (QED) is 0.251. The van der Waals surface area contributed by atoms with Crippen molar-refractivity contribution in [3.63, 3.8) is 0 Å². The van der Waals surface area contributed by atoms with Gasteiger partial charge in [-0.1, -0.05) is 45.2 Å². The number of thiophene rings is 2. The fraction of sp³-hybridized carbons (Fsp3) is 0.231.